The van der Waals surface area contributed by atoms with E-state index < -0.39 is 6.10 Å². The van der Waals surface area contributed by atoms with Crippen LogP contribution in [0.15, 0.2) is 18.2 Å². The lowest BCUT2D eigenvalue weighted by Gasteiger charge is -2.17. The number of hydrogen-bond acceptors (Lipinski definition) is 3. The summed E-state index contributed by atoms with van der Waals surface area (Å²) in [5, 5.41) is 12.1. The first-order valence-electron chi connectivity index (χ1n) is 6.25. The van der Waals surface area contributed by atoms with Crippen LogP contribution in [0.2, 0.25) is 5.02 Å². The molecule has 2 atom stereocenters. The summed E-state index contributed by atoms with van der Waals surface area (Å²) in [6.07, 6.45) is -0.634. The summed E-state index contributed by atoms with van der Waals surface area (Å²) in [5.74, 6) is 0.302. The molecule has 4 nitrogen and oxygen atoms in total. The minimum Gasteiger partial charge on any atom is -0.479 e. The summed E-state index contributed by atoms with van der Waals surface area (Å²) in [6.45, 7) is 5.90. The van der Waals surface area contributed by atoms with Crippen LogP contribution in [0.1, 0.15) is 19.4 Å². The number of nitrogens with one attached hydrogen (secondary N) is 1. The fraction of sp³-hybridized carbons (Fsp3) is 0.500. The molecule has 0 fully saturated rings. The Morgan fingerprint density at radius 2 is 2.16 bits per heavy atom. The van der Waals surface area contributed by atoms with E-state index in [2.05, 4.69) is 5.32 Å². The summed E-state index contributed by atoms with van der Waals surface area (Å²) >= 11 is 6.01. The summed E-state index contributed by atoms with van der Waals surface area (Å²) in [6, 6.07) is 5.41. The number of benzene rings is 1. The lowest BCUT2D eigenvalue weighted by Crippen LogP contribution is -2.39. The van der Waals surface area contributed by atoms with Crippen molar-refractivity contribution < 1.29 is 14.6 Å². The molecule has 106 valence electrons. The van der Waals surface area contributed by atoms with Gasteiger partial charge in [-0.2, -0.15) is 0 Å². The number of halogens is 1. The van der Waals surface area contributed by atoms with Crippen LogP contribution in [0.4, 0.5) is 0 Å². The molecule has 1 amide bonds. The number of carbonyl (C=O) groups is 1. The number of aryl methyl sites for hydroxylation is 1. The van der Waals surface area contributed by atoms with Crippen molar-refractivity contribution in [1.29, 1.82) is 0 Å². The van der Waals surface area contributed by atoms with Gasteiger partial charge in [0.25, 0.3) is 5.91 Å². The molecule has 0 heterocycles. The van der Waals surface area contributed by atoms with Crippen LogP contribution < -0.4 is 10.1 Å². The van der Waals surface area contributed by atoms with Crippen LogP contribution in [-0.4, -0.2) is 30.3 Å². The third-order valence-corrected chi connectivity index (χ3v) is 3.01. The quantitative estimate of drug-likeness (QED) is 0.842. The third-order valence-electron chi connectivity index (χ3n) is 2.70. The van der Waals surface area contributed by atoms with Gasteiger partial charge in [-0.1, -0.05) is 24.6 Å². The van der Waals surface area contributed by atoms with Crippen LogP contribution in [0.3, 0.4) is 0 Å². The largest absolute Gasteiger partial charge is 0.479 e. The Labute approximate surface area is 118 Å². The molecular formula is C14H20ClNO3. The van der Waals surface area contributed by atoms with Crippen molar-refractivity contribution in [2.24, 2.45) is 5.92 Å². The molecule has 0 saturated heterocycles. The Morgan fingerprint density at radius 3 is 2.79 bits per heavy atom. The zero-order chi connectivity index (χ0) is 14.4. The highest BCUT2D eigenvalue weighted by Gasteiger charge is 2.16. The van der Waals surface area contributed by atoms with Gasteiger partial charge in [0.1, 0.15) is 5.75 Å². The van der Waals surface area contributed by atoms with Gasteiger partial charge in [0.05, 0.1) is 5.02 Å². The van der Waals surface area contributed by atoms with Crippen LogP contribution >= 0.6 is 11.6 Å². The molecule has 1 aromatic carbocycles. The van der Waals surface area contributed by atoms with E-state index in [9.17, 15) is 4.79 Å². The molecule has 0 aliphatic rings. The molecular weight excluding hydrogens is 266 g/mol. The van der Waals surface area contributed by atoms with E-state index in [0.29, 0.717) is 17.3 Å². The maximum absolute atomic E-state index is 11.8. The molecule has 5 heteroatoms. The molecule has 2 unspecified atom stereocenters. The van der Waals surface area contributed by atoms with Crippen molar-refractivity contribution in [1.82, 2.24) is 5.32 Å². The molecule has 0 spiro atoms. The fourth-order valence-electron chi connectivity index (χ4n) is 1.43. The highest BCUT2D eigenvalue weighted by atomic mass is 35.5. The predicted octanol–water partition coefficient (Wildman–Crippen LogP) is 2.16. The first kappa shape index (κ1) is 15.8. The number of aliphatic hydroxyl groups excluding tert-OH is 1. The van der Waals surface area contributed by atoms with Gasteiger partial charge in [-0.25, -0.2) is 0 Å². The van der Waals surface area contributed by atoms with Gasteiger partial charge in [-0.3, -0.25) is 4.79 Å². The summed E-state index contributed by atoms with van der Waals surface area (Å²) in [7, 11) is 0. The molecule has 1 aromatic rings. The van der Waals surface area contributed by atoms with Crippen molar-refractivity contribution in [2.75, 3.05) is 13.2 Å². The van der Waals surface area contributed by atoms with Crippen LogP contribution in [-0.2, 0) is 4.79 Å². The van der Waals surface area contributed by atoms with Crippen molar-refractivity contribution in [3.05, 3.63) is 28.8 Å². The van der Waals surface area contributed by atoms with Gasteiger partial charge < -0.3 is 15.2 Å². The average molecular weight is 286 g/mol. The summed E-state index contributed by atoms with van der Waals surface area (Å²) in [5.41, 5.74) is 1.01. The van der Waals surface area contributed by atoms with Gasteiger partial charge in [0.2, 0.25) is 0 Å². The van der Waals surface area contributed by atoms with Crippen molar-refractivity contribution in [2.45, 2.75) is 26.9 Å². The average Bonchev–Trinajstić information content (AvgIpc) is 2.39. The number of amides is 1. The van der Waals surface area contributed by atoms with Crippen LogP contribution in [0.25, 0.3) is 0 Å². The number of carbonyl (C=O) groups excluding carboxylic acids is 1. The number of rotatable bonds is 6. The van der Waals surface area contributed by atoms with E-state index in [1.165, 1.54) is 0 Å². The van der Waals surface area contributed by atoms with Gasteiger partial charge in [0, 0.05) is 13.2 Å². The molecule has 0 aliphatic carbocycles. The van der Waals surface area contributed by atoms with E-state index in [1.54, 1.807) is 19.1 Å². The SMILES string of the molecule is Cc1ccc(Cl)c(OC(C)C(=O)NCC(C)CO)c1. The first-order valence-corrected chi connectivity index (χ1v) is 6.63. The van der Waals surface area contributed by atoms with Gasteiger partial charge in [-0.15, -0.1) is 0 Å². The van der Waals surface area contributed by atoms with Crippen LogP contribution in [0, 0.1) is 12.8 Å². The normalized spacial score (nSPS) is 13.7. The van der Waals surface area contributed by atoms with E-state index in [-0.39, 0.29) is 18.4 Å². The Bertz CT molecular complexity index is 437. The maximum atomic E-state index is 11.8. The van der Waals surface area contributed by atoms with E-state index in [0.717, 1.165) is 5.56 Å². The molecule has 0 aliphatic heterocycles. The molecule has 0 radical (unpaired) electrons. The topological polar surface area (TPSA) is 58.6 Å². The molecule has 0 bridgehead atoms. The Hall–Kier alpha value is -1.26. The van der Waals surface area contributed by atoms with E-state index in [1.807, 2.05) is 19.9 Å². The molecule has 19 heavy (non-hydrogen) atoms. The first-order chi connectivity index (χ1) is 8.93. The minimum absolute atomic E-state index is 0.0266. The zero-order valence-corrected chi connectivity index (χ0v) is 12.2. The fourth-order valence-corrected chi connectivity index (χ4v) is 1.59. The second kappa shape index (κ2) is 7.36. The van der Waals surface area contributed by atoms with Gasteiger partial charge >= 0.3 is 0 Å². The summed E-state index contributed by atoms with van der Waals surface area (Å²) in [4.78, 5) is 11.8. The van der Waals surface area contributed by atoms with Crippen LogP contribution in [0.5, 0.6) is 5.75 Å². The smallest absolute Gasteiger partial charge is 0.260 e. The Balaban J connectivity index is 2.56. The summed E-state index contributed by atoms with van der Waals surface area (Å²) < 4.78 is 5.55. The second-order valence-corrected chi connectivity index (χ2v) is 5.13. The molecule has 0 aromatic heterocycles. The predicted molar refractivity (Wildman–Crippen MR) is 75.5 cm³/mol. The second-order valence-electron chi connectivity index (χ2n) is 4.73. The Morgan fingerprint density at radius 1 is 1.47 bits per heavy atom. The standard InChI is InChI=1S/C14H20ClNO3/c1-9-4-5-12(15)13(6-9)19-11(3)14(18)16-7-10(2)8-17/h4-6,10-11,17H,7-8H2,1-3H3,(H,16,18). The van der Waals surface area contributed by atoms with Crippen molar-refractivity contribution >= 4 is 17.5 Å². The van der Waals surface area contributed by atoms with Gasteiger partial charge in [-0.05, 0) is 37.5 Å². The van der Waals surface area contributed by atoms with Crippen molar-refractivity contribution in [3.63, 3.8) is 0 Å². The van der Waals surface area contributed by atoms with Crippen molar-refractivity contribution in [3.8, 4) is 5.75 Å². The monoisotopic (exact) mass is 285 g/mol. The third kappa shape index (κ3) is 5.09. The van der Waals surface area contributed by atoms with Gasteiger partial charge in [0.15, 0.2) is 6.10 Å². The Kier molecular flexibility index (Phi) is 6.12. The number of aliphatic hydroxyl groups is 1. The zero-order valence-electron chi connectivity index (χ0n) is 11.4. The maximum Gasteiger partial charge on any atom is 0.260 e. The van der Waals surface area contributed by atoms with E-state index >= 15 is 0 Å². The molecule has 2 N–H and O–H groups in total. The molecule has 1 rings (SSSR count). The highest BCUT2D eigenvalue weighted by molar-refractivity contribution is 6.32. The molecule has 0 saturated carbocycles. The minimum atomic E-state index is -0.634. The lowest BCUT2D eigenvalue weighted by atomic mass is 10.2. The number of hydrogen-bond donors (Lipinski definition) is 2. The lowest BCUT2D eigenvalue weighted by molar-refractivity contribution is -0.127. The number of ether oxygens (including phenoxy) is 1. The van der Waals surface area contributed by atoms with E-state index in [4.69, 9.17) is 21.4 Å². The highest BCUT2D eigenvalue weighted by Crippen LogP contribution is 2.26.